The Bertz CT molecular complexity index is 1130. The van der Waals surface area contributed by atoms with Crippen LogP contribution in [0.2, 0.25) is 0 Å². The fourth-order valence-electron chi connectivity index (χ4n) is 8.14. The second-order valence-corrected chi connectivity index (χ2v) is 14.4. The number of allylic oxidation sites excluding steroid dienone is 4. The van der Waals surface area contributed by atoms with Crippen LogP contribution in [0.25, 0.3) is 0 Å². The Morgan fingerprint density at radius 2 is 1.95 bits per heavy atom. The summed E-state index contributed by atoms with van der Waals surface area (Å²) < 4.78 is 17.3. The van der Waals surface area contributed by atoms with Gasteiger partial charge in [0.05, 0.1) is 11.9 Å². The second-order valence-electron chi connectivity index (χ2n) is 12.1. The molecule has 4 rings (SSSR count). The van der Waals surface area contributed by atoms with Crippen LogP contribution in [0.4, 0.5) is 4.39 Å². The predicted octanol–water partition coefficient (Wildman–Crippen LogP) is 3.42. The summed E-state index contributed by atoms with van der Waals surface area (Å²) in [5, 5.41) is 25.8. The number of Topliss-reactive ketones (excluding diaryl/α,β-unsaturated/α-hetero) is 1. The maximum absolute atomic E-state index is 17.3. The minimum absolute atomic E-state index is 0.109. The minimum atomic E-state index is -2.04. The van der Waals surface area contributed by atoms with Gasteiger partial charge in [0.25, 0.3) is 0 Å². The van der Waals surface area contributed by atoms with Crippen LogP contribution in [0.3, 0.4) is 0 Å². The molecule has 4 aliphatic rings. The zero-order chi connectivity index (χ0) is 29.0. The van der Waals surface area contributed by atoms with Crippen molar-refractivity contribution in [3.63, 3.8) is 0 Å². The van der Waals surface area contributed by atoms with Gasteiger partial charge in [-0.15, -0.1) is 0 Å². The first-order chi connectivity index (χ1) is 18.2. The third-order valence-electron chi connectivity index (χ3n) is 10.1. The number of nitrogens with one attached hydrogen (secondary N) is 1. The maximum atomic E-state index is 17.3. The topological polar surface area (TPSA) is 121 Å². The average Bonchev–Trinajstić information content (AvgIpc) is 3.07. The molecular weight excluding hydrogens is 541 g/mol. The molecule has 0 aromatic carbocycles. The molecule has 0 radical (unpaired) electrons. The molecule has 0 aromatic rings. The molecule has 3 fully saturated rings. The highest BCUT2D eigenvalue weighted by molar-refractivity contribution is 8.14. The lowest BCUT2D eigenvalue weighted by atomic mass is 9.44. The first kappa shape index (κ1) is 30.5. The van der Waals surface area contributed by atoms with Crippen molar-refractivity contribution < 1.29 is 33.8 Å². The minimum Gasteiger partial charge on any atom is -0.390 e. The highest BCUT2D eigenvalue weighted by Crippen LogP contribution is 2.70. The van der Waals surface area contributed by atoms with Crippen LogP contribution in [-0.2, 0) is 19.2 Å². The van der Waals surface area contributed by atoms with Crippen LogP contribution in [-0.4, -0.2) is 73.5 Å². The van der Waals surface area contributed by atoms with Crippen LogP contribution in [0.15, 0.2) is 23.8 Å². The molecule has 1 amide bonds. The summed E-state index contributed by atoms with van der Waals surface area (Å²) >= 11 is 2.29. The monoisotopic (exact) mass is 581 g/mol. The molecule has 4 aliphatic carbocycles. The first-order valence-corrected chi connectivity index (χ1v) is 15.9. The summed E-state index contributed by atoms with van der Waals surface area (Å²) in [7, 11) is 0. The number of carbonyl (C=O) groups excluding carboxylic acids is 4. The van der Waals surface area contributed by atoms with Crippen molar-refractivity contribution >= 4 is 46.1 Å². The molecule has 0 heterocycles. The molecule has 7 nitrogen and oxygen atoms in total. The second kappa shape index (κ2) is 10.7. The number of hydrogen-bond donors (Lipinski definition) is 3. The molecule has 9 atom stereocenters. The molecule has 3 saturated carbocycles. The van der Waals surface area contributed by atoms with E-state index in [4.69, 9.17) is 0 Å². The molecule has 0 bridgehead atoms. The average molecular weight is 582 g/mol. The quantitative estimate of drug-likeness (QED) is 0.399. The van der Waals surface area contributed by atoms with Gasteiger partial charge in [-0.25, -0.2) is 4.39 Å². The molecule has 0 aromatic heterocycles. The van der Waals surface area contributed by atoms with Gasteiger partial charge in [0, 0.05) is 29.4 Å². The Morgan fingerprint density at radius 3 is 2.59 bits per heavy atom. The van der Waals surface area contributed by atoms with Crippen LogP contribution < -0.4 is 5.32 Å². The standard InChI is InChI=1S/C29H40FNO6S2/c1-6-38-14-22(31-17(3)32)25(36)39-15-24(35)29(37)16(2)11-21-20-8-7-18-12-19(33)9-10-26(18,4)28(20,30)23(34)13-27(21,29)5/h9-10,12,16,20-23,34,37H,6-8,11,13-15H2,1-5H3,(H,31,32)/t16?,20-,21-,22?,23?,26-,27-,28-,29-/m0/s1. The van der Waals surface area contributed by atoms with Gasteiger partial charge in [0.2, 0.25) is 11.0 Å². The normalized spacial score (nSPS) is 41.6. The molecule has 0 aliphatic heterocycles. The summed E-state index contributed by atoms with van der Waals surface area (Å²) in [4.78, 5) is 50.3. The van der Waals surface area contributed by atoms with Gasteiger partial charge in [-0.05, 0) is 62.3 Å². The Kier molecular flexibility index (Phi) is 8.38. The number of aliphatic hydroxyl groups excluding tert-OH is 1. The van der Waals surface area contributed by atoms with E-state index in [0.717, 1.165) is 17.5 Å². The van der Waals surface area contributed by atoms with E-state index < -0.39 is 51.9 Å². The number of fused-ring (bicyclic) bond motifs is 5. The van der Waals surface area contributed by atoms with Gasteiger partial charge < -0.3 is 15.5 Å². The molecular formula is C29H40FNO6S2. The van der Waals surface area contributed by atoms with E-state index in [1.165, 1.54) is 30.8 Å². The van der Waals surface area contributed by atoms with Crippen molar-refractivity contribution in [3.05, 3.63) is 23.8 Å². The number of thioether (sulfide) groups is 2. The number of hydrogen-bond acceptors (Lipinski definition) is 8. The number of alkyl halides is 1. The van der Waals surface area contributed by atoms with Crippen molar-refractivity contribution in [1.82, 2.24) is 5.32 Å². The van der Waals surface area contributed by atoms with Crippen LogP contribution in [0, 0.1) is 28.6 Å². The van der Waals surface area contributed by atoms with Crippen LogP contribution in [0.5, 0.6) is 0 Å². The third kappa shape index (κ3) is 4.57. The number of halogens is 1. The predicted molar refractivity (Wildman–Crippen MR) is 151 cm³/mol. The maximum Gasteiger partial charge on any atom is 0.217 e. The van der Waals surface area contributed by atoms with E-state index in [2.05, 4.69) is 5.32 Å². The van der Waals surface area contributed by atoms with E-state index >= 15 is 4.39 Å². The van der Waals surface area contributed by atoms with Crippen molar-refractivity contribution in [1.29, 1.82) is 0 Å². The van der Waals surface area contributed by atoms with Crippen LogP contribution >= 0.6 is 23.5 Å². The first-order valence-electron chi connectivity index (χ1n) is 13.7. The third-order valence-corrected chi connectivity index (χ3v) is 12.1. The molecule has 216 valence electrons. The number of rotatable bonds is 8. The Hall–Kier alpha value is -1.49. The fourth-order valence-corrected chi connectivity index (χ4v) is 9.79. The Balaban J connectivity index is 1.58. The van der Waals surface area contributed by atoms with Crippen LogP contribution in [0.1, 0.15) is 60.3 Å². The Labute approximate surface area is 238 Å². The van der Waals surface area contributed by atoms with Gasteiger partial charge in [-0.3, -0.25) is 19.2 Å². The van der Waals surface area contributed by atoms with Crippen molar-refractivity contribution in [2.75, 3.05) is 17.3 Å². The van der Waals surface area contributed by atoms with Crippen molar-refractivity contribution in [2.45, 2.75) is 83.7 Å². The molecule has 3 unspecified atom stereocenters. The number of amides is 1. The van der Waals surface area contributed by atoms with E-state index in [0.29, 0.717) is 30.6 Å². The lowest BCUT2D eigenvalue weighted by Gasteiger charge is -2.62. The van der Waals surface area contributed by atoms with Gasteiger partial charge in [-0.2, -0.15) is 11.8 Å². The summed E-state index contributed by atoms with van der Waals surface area (Å²) in [6, 6.07) is -0.742. The van der Waals surface area contributed by atoms with Gasteiger partial charge in [0.15, 0.2) is 17.2 Å². The molecule has 0 spiro atoms. The number of carbonyl (C=O) groups is 4. The lowest BCUT2D eigenvalue weighted by Crippen LogP contribution is -2.69. The Morgan fingerprint density at radius 1 is 1.26 bits per heavy atom. The number of ketones is 2. The molecule has 3 N–H and O–H groups in total. The summed E-state index contributed by atoms with van der Waals surface area (Å²) in [5.41, 5.74) is -5.44. The van der Waals surface area contributed by atoms with Gasteiger partial charge in [0.1, 0.15) is 11.6 Å². The van der Waals surface area contributed by atoms with E-state index in [1.54, 1.807) is 26.8 Å². The molecule has 0 saturated heterocycles. The van der Waals surface area contributed by atoms with E-state index in [-0.39, 0.29) is 34.9 Å². The zero-order valence-electron chi connectivity index (χ0n) is 23.3. The molecule has 10 heteroatoms. The summed E-state index contributed by atoms with van der Waals surface area (Å²) in [6.07, 6.45) is 4.21. The smallest absolute Gasteiger partial charge is 0.217 e. The highest BCUT2D eigenvalue weighted by Gasteiger charge is 2.75. The van der Waals surface area contributed by atoms with Gasteiger partial charge in [-0.1, -0.05) is 44.2 Å². The highest BCUT2D eigenvalue weighted by atomic mass is 32.2. The van der Waals surface area contributed by atoms with E-state index in [9.17, 15) is 29.4 Å². The SMILES string of the molecule is CCSCC(NC(C)=O)C(=O)SCC(=O)[C@@]1(O)C(C)C[C@H]2[C@@H]3CCC4=CC(=O)C=C[C@]4(C)[C@@]3(F)C(O)C[C@@]21C. The van der Waals surface area contributed by atoms with Gasteiger partial charge >= 0.3 is 0 Å². The summed E-state index contributed by atoms with van der Waals surface area (Å²) in [5.74, 6) is -1.62. The van der Waals surface area contributed by atoms with Crippen molar-refractivity contribution in [3.8, 4) is 0 Å². The lowest BCUT2D eigenvalue weighted by molar-refractivity contribution is -0.218. The largest absolute Gasteiger partial charge is 0.390 e. The number of aliphatic hydroxyl groups is 2. The molecule has 39 heavy (non-hydrogen) atoms. The summed E-state index contributed by atoms with van der Waals surface area (Å²) in [6.45, 7) is 8.58. The van der Waals surface area contributed by atoms with E-state index in [1.807, 2.05) is 6.92 Å². The fraction of sp³-hybridized carbons (Fsp3) is 0.724. The van der Waals surface area contributed by atoms with Crippen molar-refractivity contribution in [2.24, 2.45) is 28.6 Å². The zero-order valence-corrected chi connectivity index (χ0v) is 24.9.